The predicted octanol–water partition coefficient (Wildman–Crippen LogP) is -1.96. The third-order valence-electron chi connectivity index (χ3n) is 3.63. The van der Waals surface area contributed by atoms with E-state index >= 15 is 0 Å². The van der Waals surface area contributed by atoms with Crippen LogP contribution in [0.4, 0.5) is 0 Å². The highest BCUT2D eigenvalue weighted by molar-refractivity contribution is 7.62. The molecule has 1 aromatic heterocycles. The molecule has 1 fully saturated rings. The molecule has 25 heavy (non-hydrogen) atoms. The molecule has 12 heteroatoms. The fraction of sp³-hybridized carbons (Fsp3) is 0.692. The summed E-state index contributed by atoms with van der Waals surface area (Å²) in [6.07, 6.45) is -4.59. The van der Waals surface area contributed by atoms with Gasteiger partial charge >= 0.3 is 13.3 Å². The van der Waals surface area contributed by atoms with E-state index in [2.05, 4.69) is 0 Å². The number of hydrogen-bond donors (Lipinski definition) is 4. The number of hydrogen-bond acceptors (Lipinski definition) is 9. The van der Waals surface area contributed by atoms with Crippen molar-refractivity contribution in [3.63, 3.8) is 0 Å². The molecule has 0 bridgehead atoms. The molecule has 142 valence electrons. The van der Waals surface area contributed by atoms with Gasteiger partial charge in [0, 0.05) is 6.20 Å². The van der Waals surface area contributed by atoms with Crippen molar-refractivity contribution >= 4 is 12.9 Å². The number of aliphatic hydroxyl groups excluding tert-OH is 3. The average Bonchev–Trinajstić information content (AvgIpc) is 2.83. The van der Waals surface area contributed by atoms with Crippen LogP contribution in [-0.2, 0) is 18.3 Å². The highest BCUT2D eigenvalue weighted by Crippen LogP contribution is 2.45. The summed E-state index contributed by atoms with van der Waals surface area (Å²) in [5.41, 5.74) is -1.92. The smallest absolute Gasteiger partial charge is 0.368 e. The van der Waals surface area contributed by atoms with Crippen molar-refractivity contribution in [2.75, 3.05) is 19.8 Å². The lowest BCUT2D eigenvalue weighted by Gasteiger charge is -2.20. The maximum absolute atomic E-state index is 12.8. The Morgan fingerprint density at radius 2 is 1.84 bits per heavy atom. The predicted molar refractivity (Wildman–Crippen MR) is 84.8 cm³/mol. The van der Waals surface area contributed by atoms with Crippen LogP contribution >= 0.6 is 7.60 Å². The molecular formula is C13H21N2O9P. The van der Waals surface area contributed by atoms with Gasteiger partial charge in [-0.2, -0.15) is 0 Å². The number of aromatic nitrogens is 2. The average molecular weight is 380 g/mol. The van der Waals surface area contributed by atoms with E-state index in [9.17, 15) is 24.4 Å². The van der Waals surface area contributed by atoms with Crippen molar-refractivity contribution in [1.82, 2.24) is 9.55 Å². The van der Waals surface area contributed by atoms with Gasteiger partial charge in [-0.25, -0.2) is 4.79 Å². The topological polar surface area (TPSA) is 160 Å². The first-order valence-corrected chi connectivity index (χ1v) is 9.20. The summed E-state index contributed by atoms with van der Waals surface area (Å²) < 4.78 is 29.0. The molecule has 0 aromatic carbocycles. The second-order valence-electron chi connectivity index (χ2n) is 5.24. The molecule has 0 aliphatic carbocycles. The fourth-order valence-electron chi connectivity index (χ4n) is 2.48. The van der Waals surface area contributed by atoms with E-state index < -0.39 is 55.3 Å². The molecule has 0 radical (unpaired) electrons. The maximum Gasteiger partial charge on any atom is 0.368 e. The SMILES string of the molecule is CCOP(=O)(OCC)c1cn([C@@H]2O[C@H](CO)[C@@H](O)[C@H]2O)c(=O)[nH]c1=O. The third-order valence-corrected chi connectivity index (χ3v) is 5.74. The lowest BCUT2D eigenvalue weighted by atomic mass is 10.1. The molecule has 1 saturated heterocycles. The van der Waals surface area contributed by atoms with E-state index in [4.69, 9.17) is 18.9 Å². The Morgan fingerprint density at radius 1 is 1.24 bits per heavy atom. The molecule has 4 atom stereocenters. The van der Waals surface area contributed by atoms with Gasteiger partial charge in [0.15, 0.2) is 6.23 Å². The van der Waals surface area contributed by atoms with E-state index in [1.165, 1.54) is 0 Å². The molecule has 1 aromatic rings. The highest BCUT2D eigenvalue weighted by Gasteiger charge is 2.44. The summed E-state index contributed by atoms with van der Waals surface area (Å²) in [5, 5.41) is 28.5. The molecule has 0 spiro atoms. The zero-order chi connectivity index (χ0) is 18.8. The monoisotopic (exact) mass is 380 g/mol. The van der Waals surface area contributed by atoms with Crippen molar-refractivity contribution in [2.45, 2.75) is 38.4 Å². The Labute approximate surface area is 142 Å². The summed E-state index contributed by atoms with van der Waals surface area (Å²) >= 11 is 0. The minimum Gasteiger partial charge on any atom is -0.394 e. The maximum atomic E-state index is 12.8. The first-order valence-electron chi connectivity index (χ1n) is 7.66. The van der Waals surface area contributed by atoms with E-state index in [1.54, 1.807) is 13.8 Å². The van der Waals surface area contributed by atoms with E-state index in [-0.39, 0.29) is 13.2 Å². The number of aliphatic hydroxyl groups is 3. The molecule has 11 nitrogen and oxygen atoms in total. The lowest BCUT2D eigenvalue weighted by molar-refractivity contribution is -0.0549. The second-order valence-corrected chi connectivity index (χ2v) is 7.24. The number of nitrogens with one attached hydrogen (secondary N) is 1. The fourth-order valence-corrected chi connectivity index (χ4v) is 4.09. The molecule has 2 heterocycles. The van der Waals surface area contributed by atoms with Gasteiger partial charge in [-0.05, 0) is 13.8 Å². The quantitative estimate of drug-likeness (QED) is 0.394. The van der Waals surface area contributed by atoms with Crippen LogP contribution in [0.1, 0.15) is 20.1 Å². The van der Waals surface area contributed by atoms with Crippen LogP contribution in [0.3, 0.4) is 0 Å². The van der Waals surface area contributed by atoms with Gasteiger partial charge < -0.3 is 29.1 Å². The zero-order valence-corrected chi connectivity index (χ0v) is 14.6. The molecule has 4 N–H and O–H groups in total. The molecular weight excluding hydrogens is 359 g/mol. The van der Waals surface area contributed by atoms with Gasteiger partial charge in [0.1, 0.15) is 23.6 Å². The van der Waals surface area contributed by atoms with Crippen molar-refractivity contribution in [2.24, 2.45) is 0 Å². The van der Waals surface area contributed by atoms with Crippen LogP contribution in [0.15, 0.2) is 15.8 Å². The van der Waals surface area contributed by atoms with Crippen LogP contribution in [0.5, 0.6) is 0 Å². The molecule has 0 saturated carbocycles. The second kappa shape index (κ2) is 7.92. The molecule has 1 aliphatic rings. The Hall–Kier alpha value is -1.33. The number of ether oxygens (including phenoxy) is 1. The van der Waals surface area contributed by atoms with Crippen molar-refractivity contribution < 1.29 is 33.7 Å². The Balaban J connectivity index is 2.54. The van der Waals surface area contributed by atoms with Crippen LogP contribution in [0, 0.1) is 0 Å². The van der Waals surface area contributed by atoms with Crippen LogP contribution < -0.4 is 16.6 Å². The summed E-state index contributed by atoms with van der Waals surface area (Å²) in [6, 6.07) is 0. The van der Waals surface area contributed by atoms with Crippen molar-refractivity contribution in [3.05, 3.63) is 27.0 Å². The summed E-state index contributed by atoms with van der Waals surface area (Å²) in [6.45, 7) is 2.51. The molecule has 0 amide bonds. The standard InChI is InChI=1S/C13H21N2O9P/c1-3-22-25(21,23-4-2)8-5-15(13(20)14-11(8)19)12-10(18)9(17)7(6-16)24-12/h5,7,9-10,12,16-18H,3-4,6H2,1-2H3,(H,14,19,20)/t7-,9-,10-,12-/m1/s1. The first-order chi connectivity index (χ1) is 11.8. The van der Waals surface area contributed by atoms with Gasteiger partial charge in [0.25, 0.3) is 5.56 Å². The minimum absolute atomic E-state index is 0.0102. The number of nitrogens with zero attached hydrogens (tertiary/aromatic N) is 1. The van der Waals surface area contributed by atoms with Crippen LogP contribution in [0.25, 0.3) is 0 Å². The van der Waals surface area contributed by atoms with Crippen LogP contribution in [-0.4, -0.2) is 63.0 Å². The minimum atomic E-state index is -4.01. The Bertz CT molecular complexity index is 751. The lowest BCUT2D eigenvalue weighted by Crippen LogP contribution is -2.43. The summed E-state index contributed by atoms with van der Waals surface area (Å²) in [5.74, 6) is 0. The number of rotatable bonds is 7. The third kappa shape index (κ3) is 3.77. The van der Waals surface area contributed by atoms with E-state index in [0.717, 1.165) is 10.8 Å². The van der Waals surface area contributed by atoms with Crippen molar-refractivity contribution in [1.29, 1.82) is 0 Å². The molecule has 2 rings (SSSR count). The van der Waals surface area contributed by atoms with Gasteiger partial charge in [-0.15, -0.1) is 0 Å². The largest absolute Gasteiger partial charge is 0.394 e. The van der Waals surface area contributed by atoms with Gasteiger partial charge in [-0.3, -0.25) is 18.9 Å². The van der Waals surface area contributed by atoms with Crippen LogP contribution in [0.2, 0.25) is 0 Å². The zero-order valence-electron chi connectivity index (χ0n) is 13.7. The number of aromatic amines is 1. The van der Waals surface area contributed by atoms with Gasteiger partial charge in [0.2, 0.25) is 0 Å². The Morgan fingerprint density at radius 3 is 2.32 bits per heavy atom. The summed E-state index contributed by atoms with van der Waals surface area (Å²) in [4.78, 5) is 26.1. The van der Waals surface area contributed by atoms with E-state index in [1.807, 2.05) is 4.98 Å². The number of H-pyrrole nitrogens is 1. The molecule has 1 aliphatic heterocycles. The Kier molecular flexibility index (Phi) is 6.33. The van der Waals surface area contributed by atoms with E-state index in [0.29, 0.717) is 0 Å². The van der Waals surface area contributed by atoms with Crippen molar-refractivity contribution in [3.8, 4) is 0 Å². The molecule has 0 unspecified atom stereocenters. The highest BCUT2D eigenvalue weighted by atomic mass is 31.2. The normalized spacial score (nSPS) is 26.9. The van der Waals surface area contributed by atoms with Gasteiger partial charge in [-0.1, -0.05) is 0 Å². The summed E-state index contributed by atoms with van der Waals surface area (Å²) in [7, 11) is -4.01. The first kappa shape index (κ1) is 20.0. The van der Waals surface area contributed by atoms with Gasteiger partial charge in [0.05, 0.1) is 19.8 Å².